The topological polar surface area (TPSA) is 29.3 Å². The lowest BCUT2D eigenvalue weighted by atomic mass is 9.89. The maximum absolute atomic E-state index is 5.72. The summed E-state index contributed by atoms with van der Waals surface area (Å²) in [7, 11) is 2.21. The van der Waals surface area contributed by atoms with Gasteiger partial charge in [0.15, 0.2) is 0 Å². The van der Waals surface area contributed by atoms with E-state index < -0.39 is 0 Å². The highest BCUT2D eigenvalue weighted by Gasteiger charge is 2.17. The minimum absolute atomic E-state index is 0.288. The van der Waals surface area contributed by atoms with Gasteiger partial charge < -0.3 is 10.6 Å². The van der Waals surface area contributed by atoms with E-state index in [9.17, 15) is 0 Å². The summed E-state index contributed by atoms with van der Waals surface area (Å²) in [4.78, 5) is 2.42. The van der Waals surface area contributed by atoms with Gasteiger partial charge in [-0.15, -0.1) is 0 Å². The minimum atomic E-state index is 0.288. The summed E-state index contributed by atoms with van der Waals surface area (Å²) in [5.41, 5.74) is 6.45. The van der Waals surface area contributed by atoms with E-state index in [1.54, 1.807) is 0 Å². The molecule has 0 spiro atoms. The number of rotatable bonds is 6. The quantitative estimate of drug-likeness (QED) is 0.736. The molecule has 15 heavy (non-hydrogen) atoms. The summed E-state index contributed by atoms with van der Waals surface area (Å²) >= 11 is 0. The average Bonchev–Trinajstić information content (AvgIpc) is 2.10. The Morgan fingerprint density at radius 3 is 1.80 bits per heavy atom. The molecular formula is C13H30N2. The molecule has 92 valence electrons. The third-order valence-electron chi connectivity index (χ3n) is 2.97. The second kappa shape index (κ2) is 5.86. The van der Waals surface area contributed by atoms with Crippen LogP contribution in [0.4, 0.5) is 0 Å². The predicted octanol–water partition coefficient (Wildman–Crippen LogP) is 2.73. The highest BCUT2D eigenvalue weighted by atomic mass is 15.1. The standard InChI is InChI=1S/C13H30N2/c1-12(2,3)7-9-15(6)10-8-13(4,5)11-14/h7-11,14H2,1-6H3. The first-order valence-corrected chi connectivity index (χ1v) is 6.05. The lowest BCUT2D eigenvalue weighted by molar-refractivity contribution is 0.225. The van der Waals surface area contributed by atoms with Gasteiger partial charge in [-0.3, -0.25) is 0 Å². The Kier molecular flexibility index (Phi) is 5.82. The van der Waals surface area contributed by atoms with Crippen LogP contribution < -0.4 is 5.73 Å². The van der Waals surface area contributed by atoms with Crippen LogP contribution in [0.15, 0.2) is 0 Å². The second-order valence-electron chi connectivity index (χ2n) is 6.73. The van der Waals surface area contributed by atoms with Gasteiger partial charge in [-0.05, 0) is 50.4 Å². The van der Waals surface area contributed by atoms with E-state index in [0.717, 1.165) is 13.1 Å². The minimum Gasteiger partial charge on any atom is -0.330 e. The Bertz CT molecular complexity index is 168. The van der Waals surface area contributed by atoms with Crippen molar-refractivity contribution in [2.45, 2.75) is 47.5 Å². The molecule has 0 amide bonds. The molecule has 2 nitrogen and oxygen atoms in total. The van der Waals surface area contributed by atoms with Crippen LogP contribution in [0, 0.1) is 10.8 Å². The average molecular weight is 214 g/mol. The zero-order valence-corrected chi connectivity index (χ0v) is 11.6. The van der Waals surface area contributed by atoms with Crippen LogP contribution in [0.5, 0.6) is 0 Å². The van der Waals surface area contributed by atoms with Gasteiger partial charge in [0, 0.05) is 0 Å². The highest BCUT2D eigenvalue weighted by Crippen LogP contribution is 2.20. The molecule has 0 aromatic heterocycles. The van der Waals surface area contributed by atoms with Crippen LogP contribution in [-0.2, 0) is 0 Å². The van der Waals surface area contributed by atoms with Gasteiger partial charge in [-0.2, -0.15) is 0 Å². The third-order valence-corrected chi connectivity index (χ3v) is 2.97. The van der Waals surface area contributed by atoms with Gasteiger partial charge in [-0.25, -0.2) is 0 Å². The van der Waals surface area contributed by atoms with Crippen molar-refractivity contribution >= 4 is 0 Å². The molecule has 0 rings (SSSR count). The van der Waals surface area contributed by atoms with Crippen molar-refractivity contribution in [2.24, 2.45) is 16.6 Å². The molecule has 0 aromatic rings. The van der Waals surface area contributed by atoms with Crippen LogP contribution in [0.25, 0.3) is 0 Å². The Labute approximate surface area is 96.2 Å². The highest BCUT2D eigenvalue weighted by molar-refractivity contribution is 4.71. The van der Waals surface area contributed by atoms with Gasteiger partial charge in [-0.1, -0.05) is 34.6 Å². The Morgan fingerprint density at radius 2 is 1.40 bits per heavy atom. The normalized spacial score (nSPS) is 13.6. The van der Waals surface area contributed by atoms with Crippen molar-refractivity contribution in [1.82, 2.24) is 4.90 Å². The molecule has 2 heteroatoms. The molecule has 0 aromatic carbocycles. The number of nitrogens with two attached hydrogens (primary N) is 1. The summed E-state index contributed by atoms with van der Waals surface area (Å²) in [5, 5.41) is 0. The van der Waals surface area contributed by atoms with Gasteiger partial charge in [0.25, 0.3) is 0 Å². The van der Waals surface area contributed by atoms with Crippen molar-refractivity contribution in [3.8, 4) is 0 Å². The Balaban J connectivity index is 3.71. The fraction of sp³-hybridized carbons (Fsp3) is 1.00. The van der Waals surface area contributed by atoms with Crippen molar-refractivity contribution in [2.75, 3.05) is 26.7 Å². The van der Waals surface area contributed by atoms with E-state index in [4.69, 9.17) is 5.73 Å². The molecule has 0 aliphatic rings. The molecule has 0 bridgehead atoms. The van der Waals surface area contributed by atoms with Gasteiger partial charge in [0.2, 0.25) is 0 Å². The smallest absolute Gasteiger partial charge is 0.00162 e. The summed E-state index contributed by atoms with van der Waals surface area (Å²) in [6.45, 7) is 14.5. The van der Waals surface area contributed by atoms with Gasteiger partial charge in [0.1, 0.15) is 0 Å². The molecule has 0 saturated carbocycles. The molecule has 0 atom stereocenters. The first-order valence-electron chi connectivity index (χ1n) is 6.05. The number of nitrogens with zero attached hydrogens (tertiary/aromatic N) is 1. The van der Waals surface area contributed by atoms with Crippen molar-refractivity contribution in [1.29, 1.82) is 0 Å². The number of hydrogen-bond donors (Lipinski definition) is 1. The van der Waals surface area contributed by atoms with Crippen molar-refractivity contribution < 1.29 is 0 Å². The first kappa shape index (κ1) is 14.9. The van der Waals surface area contributed by atoms with Crippen molar-refractivity contribution in [3.05, 3.63) is 0 Å². The molecule has 0 saturated heterocycles. The Morgan fingerprint density at radius 1 is 0.933 bits per heavy atom. The molecule has 2 N–H and O–H groups in total. The predicted molar refractivity (Wildman–Crippen MR) is 69.0 cm³/mol. The second-order valence-corrected chi connectivity index (χ2v) is 6.73. The van der Waals surface area contributed by atoms with E-state index in [2.05, 4.69) is 46.6 Å². The van der Waals surface area contributed by atoms with Crippen molar-refractivity contribution in [3.63, 3.8) is 0 Å². The summed E-state index contributed by atoms with van der Waals surface area (Å²) in [5.74, 6) is 0. The molecule has 0 radical (unpaired) electrons. The van der Waals surface area contributed by atoms with E-state index in [-0.39, 0.29) is 5.41 Å². The summed E-state index contributed by atoms with van der Waals surface area (Å²) in [6, 6.07) is 0. The summed E-state index contributed by atoms with van der Waals surface area (Å²) < 4.78 is 0. The van der Waals surface area contributed by atoms with Gasteiger partial charge >= 0.3 is 0 Å². The lowest BCUT2D eigenvalue weighted by Crippen LogP contribution is -2.31. The number of hydrogen-bond acceptors (Lipinski definition) is 2. The van der Waals surface area contributed by atoms with Gasteiger partial charge in [0.05, 0.1) is 0 Å². The zero-order valence-electron chi connectivity index (χ0n) is 11.6. The molecule has 0 unspecified atom stereocenters. The fourth-order valence-electron chi connectivity index (χ4n) is 1.23. The van der Waals surface area contributed by atoms with Crippen LogP contribution in [0.2, 0.25) is 0 Å². The SMILES string of the molecule is CN(CCC(C)(C)C)CCC(C)(C)CN. The van der Waals surface area contributed by atoms with Crippen LogP contribution in [0.3, 0.4) is 0 Å². The van der Waals surface area contributed by atoms with E-state index in [1.807, 2.05) is 0 Å². The molecule has 0 heterocycles. The maximum atomic E-state index is 5.72. The molecule has 0 fully saturated rings. The largest absolute Gasteiger partial charge is 0.330 e. The van der Waals surface area contributed by atoms with E-state index >= 15 is 0 Å². The summed E-state index contributed by atoms with van der Waals surface area (Å²) in [6.07, 6.45) is 2.44. The third kappa shape index (κ3) is 8.88. The monoisotopic (exact) mass is 214 g/mol. The molecule has 0 aliphatic heterocycles. The van der Waals surface area contributed by atoms with Crippen LogP contribution in [-0.4, -0.2) is 31.6 Å². The fourth-order valence-corrected chi connectivity index (χ4v) is 1.23. The lowest BCUT2D eigenvalue weighted by Gasteiger charge is -2.28. The molecular weight excluding hydrogens is 184 g/mol. The van der Waals surface area contributed by atoms with Crippen LogP contribution in [0.1, 0.15) is 47.5 Å². The van der Waals surface area contributed by atoms with E-state index in [0.29, 0.717) is 5.41 Å². The Hall–Kier alpha value is -0.0800. The first-order chi connectivity index (χ1) is 6.66. The molecule has 0 aliphatic carbocycles. The van der Waals surface area contributed by atoms with E-state index in [1.165, 1.54) is 19.4 Å². The van der Waals surface area contributed by atoms with Crippen LogP contribution >= 0.6 is 0 Å². The zero-order chi connectivity index (χ0) is 12.1. The maximum Gasteiger partial charge on any atom is -0.00162 e.